The summed E-state index contributed by atoms with van der Waals surface area (Å²) in [6, 6.07) is 13.3. The van der Waals surface area contributed by atoms with Crippen LogP contribution in [0.1, 0.15) is 17.0 Å². The van der Waals surface area contributed by atoms with Crippen LogP contribution < -0.4 is 5.32 Å². The first kappa shape index (κ1) is 18.9. The Kier molecular flexibility index (Phi) is 5.35. The van der Waals surface area contributed by atoms with E-state index in [1.165, 1.54) is 0 Å². The van der Waals surface area contributed by atoms with Crippen molar-refractivity contribution in [3.63, 3.8) is 0 Å². The number of aromatic nitrogens is 2. The van der Waals surface area contributed by atoms with Crippen LogP contribution in [0, 0.1) is 6.92 Å². The highest BCUT2D eigenvalue weighted by atomic mass is 35.5. The molecule has 28 heavy (non-hydrogen) atoms. The van der Waals surface area contributed by atoms with Crippen molar-refractivity contribution in [3.05, 3.63) is 69.7 Å². The smallest absolute Gasteiger partial charge is 0.224 e. The number of aryl methyl sites for hydroxylation is 1. The second-order valence-electron chi connectivity index (χ2n) is 6.22. The maximum atomic E-state index is 12.3. The van der Waals surface area contributed by atoms with E-state index in [0.717, 1.165) is 15.2 Å². The van der Waals surface area contributed by atoms with Gasteiger partial charge in [-0.1, -0.05) is 35.3 Å². The third kappa shape index (κ3) is 4.04. The third-order valence-electron chi connectivity index (χ3n) is 4.11. The Labute approximate surface area is 175 Å². The summed E-state index contributed by atoms with van der Waals surface area (Å²) in [6.45, 7) is 2.06. The van der Waals surface area contributed by atoms with Crippen molar-refractivity contribution in [1.82, 2.24) is 15.3 Å². The Morgan fingerprint density at radius 2 is 2.00 bits per heavy atom. The predicted octanol–water partition coefficient (Wildman–Crippen LogP) is 5.43. The van der Waals surface area contributed by atoms with Gasteiger partial charge in [0, 0.05) is 16.3 Å². The molecule has 1 amide bonds. The van der Waals surface area contributed by atoms with Crippen LogP contribution in [0.2, 0.25) is 10.2 Å². The van der Waals surface area contributed by atoms with Crippen molar-refractivity contribution in [2.24, 2.45) is 0 Å². The summed E-state index contributed by atoms with van der Waals surface area (Å²) >= 11 is 13.8. The second-order valence-corrected chi connectivity index (χ2v) is 8.02. The number of rotatable bonds is 5. The largest absolute Gasteiger partial charge is 0.457 e. The summed E-state index contributed by atoms with van der Waals surface area (Å²) in [5.41, 5.74) is 2.16. The maximum absolute atomic E-state index is 12.3. The minimum atomic E-state index is -0.215. The minimum absolute atomic E-state index is 0.0520. The topological polar surface area (TPSA) is 68.0 Å². The normalized spacial score (nSPS) is 11.1. The molecule has 0 aliphatic heterocycles. The molecule has 0 radical (unpaired) electrons. The highest BCUT2D eigenvalue weighted by Crippen LogP contribution is 2.31. The van der Waals surface area contributed by atoms with E-state index < -0.39 is 0 Å². The molecule has 3 aromatic heterocycles. The summed E-state index contributed by atoms with van der Waals surface area (Å²) in [4.78, 5) is 21.0. The van der Waals surface area contributed by atoms with E-state index in [-0.39, 0.29) is 24.0 Å². The van der Waals surface area contributed by atoms with Crippen LogP contribution in [-0.4, -0.2) is 15.9 Å². The average Bonchev–Trinajstić information content (AvgIpc) is 3.29. The van der Waals surface area contributed by atoms with Gasteiger partial charge in [0.1, 0.15) is 10.9 Å². The number of fused-ring (bicyclic) bond motifs is 1. The lowest BCUT2D eigenvalue weighted by molar-refractivity contribution is -0.120. The van der Waals surface area contributed by atoms with Gasteiger partial charge in [0.05, 0.1) is 23.2 Å². The number of halogens is 2. The number of amides is 1. The van der Waals surface area contributed by atoms with E-state index in [1.54, 1.807) is 24.3 Å². The van der Waals surface area contributed by atoms with Gasteiger partial charge in [0.15, 0.2) is 10.8 Å². The third-order valence-corrected chi connectivity index (χ3v) is 5.81. The number of para-hydroxylation sites is 1. The van der Waals surface area contributed by atoms with E-state index in [2.05, 4.69) is 15.3 Å². The van der Waals surface area contributed by atoms with Gasteiger partial charge in [-0.15, -0.1) is 11.3 Å². The minimum Gasteiger partial charge on any atom is -0.457 e. The molecule has 0 aliphatic carbocycles. The molecule has 0 bridgehead atoms. The molecule has 3 heterocycles. The van der Waals surface area contributed by atoms with E-state index in [1.807, 2.05) is 36.4 Å². The molecule has 5 nitrogen and oxygen atoms in total. The van der Waals surface area contributed by atoms with Gasteiger partial charge in [-0.2, -0.15) is 0 Å². The van der Waals surface area contributed by atoms with Crippen molar-refractivity contribution in [2.45, 2.75) is 19.9 Å². The van der Waals surface area contributed by atoms with Gasteiger partial charge in [-0.25, -0.2) is 9.97 Å². The lowest BCUT2D eigenvalue weighted by Crippen LogP contribution is -2.24. The fraction of sp³-hybridized carbons (Fsp3) is 0.150. The van der Waals surface area contributed by atoms with E-state index in [9.17, 15) is 4.79 Å². The van der Waals surface area contributed by atoms with Gasteiger partial charge >= 0.3 is 0 Å². The summed E-state index contributed by atoms with van der Waals surface area (Å²) in [5.74, 6) is 1.11. The molecule has 0 aliphatic rings. The van der Waals surface area contributed by atoms with Gasteiger partial charge in [-0.3, -0.25) is 4.79 Å². The van der Waals surface area contributed by atoms with Gasteiger partial charge in [0.25, 0.3) is 0 Å². The van der Waals surface area contributed by atoms with Crippen molar-refractivity contribution >= 4 is 50.7 Å². The molecule has 0 saturated carbocycles. The number of pyridine rings is 1. The highest BCUT2D eigenvalue weighted by Gasteiger charge is 2.14. The number of benzene rings is 1. The van der Waals surface area contributed by atoms with Crippen molar-refractivity contribution in [2.75, 3.05) is 0 Å². The van der Waals surface area contributed by atoms with E-state index in [4.69, 9.17) is 27.6 Å². The average molecular weight is 432 g/mol. The fourth-order valence-corrected chi connectivity index (χ4v) is 4.35. The van der Waals surface area contributed by atoms with Crippen LogP contribution >= 0.6 is 34.5 Å². The molecule has 0 saturated heterocycles. The zero-order chi connectivity index (χ0) is 19.7. The number of furan rings is 1. The molecule has 1 N–H and O–H groups in total. The summed E-state index contributed by atoms with van der Waals surface area (Å²) in [6.07, 6.45) is 0.0520. The van der Waals surface area contributed by atoms with Gasteiger partial charge < -0.3 is 9.73 Å². The first-order valence-corrected chi connectivity index (χ1v) is 10.1. The van der Waals surface area contributed by atoms with Gasteiger partial charge in [-0.05, 0) is 37.3 Å². The first-order valence-electron chi connectivity index (χ1n) is 8.52. The van der Waals surface area contributed by atoms with Crippen LogP contribution in [0.15, 0.2) is 46.9 Å². The number of thiazole rings is 1. The van der Waals surface area contributed by atoms with Crippen molar-refractivity contribution in [3.8, 4) is 10.8 Å². The standard InChI is InChI=1S/C20H15Cl2N3O2S/c1-11-8-14(21)13(19(22)24-11)9-18(26)23-10-12-6-7-16(27-12)20-25-15-4-2-3-5-17(15)28-20/h2-8H,9-10H2,1H3,(H,23,26). The number of carbonyl (C=O) groups excluding carboxylic acids is 1. The molecule has 1 aromatic carbocycles. The van der Waals surface area contributed by atoms with Crippen molar-refractivity contribution < 1.29 is 9.21 Å². The summed E-state index contributed by atoms with van der Waals surface area (Å²) in [7, 11) is 0. The zero-order valence-electron chi connectivity index (χ0n) is 14.8. The summed E-state index contributed by atoms with van der Waals surface area (Å²) in [5, 5.41) is 4.30. The molecule has 0 fully saturated rings. The van der Waals surface area contributed by atoms with Crippen LogP contribution in [0.4, 0.5) is 0 Å². The number of nitrogens with one attached hydrogen (secondary N) is 1. The molecule has 4 aromatic rings. The van der Waals surface area contributed by atoms with Crippen LogP contribution in [0.5, 0.6) is 0 Å². The van der Waals surface area contributed by atoms with Crippen LogP contribution in [0.25, 0.3) is 21.0 Å². The SMILES string of the molecule is Cc1cc(Cl)c(CC(=O)NCc2ccc(-c3nc4ccccc4s3)o2)c(Cl)n1. The van der Waals surface area contributed by atoms with Crippen molar-refractivity contribution in [1.29, 1.82) is 0 Å². The Balaban J connectivity index is 1.41. The number of nitrogens with zero attached hydrogens (tertiary/aromatic N) is 2. The Bertz CT molecular complexity index is 1110. The molecule has 0 unspecified atom stereocenters. The molecular weight excluding hydrogens is 417 g/mol. The van der Waals surface area contributed by atoms with E-state index >= 15 is 0 Å². The Morgan fingerprint density at radius 1 is 1.18 bits per heavy atom. The van der Waals surface area contributed by atoms with Crippen LogP contribution in [0.3, 0.4) is 0 Å². The molecular formula is C20H15Cl2N3O2S. The number of hydrogen-bond donors (Lipinski definition) is 1. The van der Waals surface area contributed by atoms with Crippen LogP contribution in [-0.2, 0) is 17.8 Å². The lowest BCUT2D eigenvalue weighted by Gasteiger charge is -2.08. The summed E-state index contributed by atoms with van der Waals surface area (Å²) < 4.78 is 6.93. The Hall–Kier alpha value is -2.41. The highest BCUT2D eigenvalue weighted by molar-refractivity contribution is 7.21. The molecule has 0 atom stereocenters. The molecule has 142 valence electrons. The second kappa shape index (κ2) is 7.91. The lowest BCUT2D eigenvalue weighted by atomic mass is 10.2. The molecule has 0 spiro atoms. The van der Waals surface area contributed by atoms with E-state index in [0.29, 0.717) is 27.8 Å². The molecule has 8 heteroatoms. The number of hydrogen-bond acceptors (Lipinski definition) is 5. The molecule has 4 rings (SSSR count). The predicted molar refractivity (Wildman–Crippen MR) is 112 cm³/mol. The fourth-order valence-electron chi connectivity index (χ4n) is 2.76. The Morgan fingerprint density at radius 3 is 2.79 bits per heavy atom. The zero-order valence-corrected chi connectivity index (χ0v) is 17.2. The monoisotopic (exact) mass is 431 g/mol. The first-order chi connectivity index (χ1) is 13.5. The quantitative estimate of drug-likeness (QED) is 0.428. The number of carbonyl (C=O) groups is 1. The maximum Gasteiger partial charge on any atom is 0.224 e. The van der Waals surface area contributed by atoms with Gasteiger partial charge in [0.2, 0.25) is 5.91 Å².